The maximum absolute atomic E-state index is 11.6. The standard InChI is InChI=1S/C19H24N4O/c1-3-5-7-16-17(8-6-4-2)23(13-21-16)19-14-9-10-18(24)22-15(14)11-12-20-19/h9-13H,3-8H2,1-2H3,(H,22,24). The van der Waals surface area contributed by atoms with Crippen molar-refractivity contribution < 1.29 is 0 Å². The molecule has 5 heteroatoms. The zero-order valence-electron chi connectivity index (χ0n) is 14.4. The van der Waals surface area contributed by atoms with Crippen molar-refractivity contribution in [3.05, 3.63) is 52.5 Å². The first-order valence-electron chi connectivity index (χ1n) is 8.78. The maximum Gasteiger partial charge on any atom is 0.248 e. The second kappa shape index (κ2) is 7.43. The van der Waals surface area contributed by atoms with Gasteiger partial charge in [0.2, 0.25) is 5.56 Å². The van der Waals surface area contributed by atoms with Crippen LogP contribution >= 0.6 is 0 Å². The van der Waals surface area contributed by atoms with Gasteiger partial charge in [-0.15, -0.1) is 0 Å². The zero-order valence-corrected chi connectivity index (χ0v) is 14.4. The van der Waals surface area contributed by atoms with Crippen LogP contribution in [0.25, 0.3) is 16.7 Å². The molecular weight excluding hydrogens is 300 g/mol. The Bertz CT molecular complexity index is 878. The highest BCUT2D eigenvalue weighted by atomic mass is 16.1. The summed E-state index contributed by atoms with van der Waals surface area (Å²) < 4.78 is 2.10. The van der Waals surface area contributed by atoms with Crippen LogP contribution in [0.5, 0.6) is 0 Å². The Labute approximate surface area is 141 Å². The van der Waals surface area contributed by atoms with Gasteiger partial charge in [0.05, 0.1) is 11.2 Å². The molecule has 24 heavy (non-hydrogen) atoms. The summed E-state index contributed by atoms with van der Waals surface area (Å²) in [6.07, 6.45) is 10.2. The van der Waals surface area contributed by atoms with Crippen molar-refractivity contribution in [2.24, 2.45) is 0 Å². The van der Waals surface area contributed by atoms with Crippen molar-refractivity contribution in [3.63, 3.8) is 0 Å². The normalized spacial score (nSPS) is 11.2. The summed E-state index contributed by atoms with van der Waals surface area (Å²) in [6.45, 7) is 4.40. The van der Waals surface area contributed by atoms with Gasteiger partial charge in [-0.05, 0) is 37.8 Å². The fraction of sp³-hybridized carbons (Fsp3) is 0.421. The summed E-state index contributed by atoms with van der Waals surface area (Å²) in [7, 11) is 0. The SMILES string of the molecule is CCCCc1ncn(-c2nccc3[nH]c(=O)ccc23)c1CCCC. The molecule has 3 rings (SSSR count). The van der Waals surface area contributed by atoms with E-state index in [0.717, 1.165) is 55.2 Å². The lowest BCUT2D eigenvalue weighted by Gasteiger charge is -2.11. The predicted molar refractivity (Wildman–Crippen MR) is 96.7 cm³/mol. The molecule has 5 nitrogen and oxygen atoms in total. The van der Waals surface area contributed by atoms with Gasteiger partial charge in [0.15, 0.2) is 0 Å². The number of unbranched alkanes of at least 4 members (excludes halogenated alkanes) is 2. The van der Waals surface area contributed by atoms with Gasteiger partial charge in [0.1, 0.15) is 12.1 Å². The summed E-state index contributed by atoms with van der Waals surface area (Å²) in [5.74, 6) is 0.838. The van der Waals surface area contributed by atoms with Crippen molar-refractivity contribution in [1.29, 1.82) is 0 Å². The number of fused-ring (bicyclic) bond motifs is 1. The summed E-state index contributed by atoms with van der Waals surface area (Å²) in [6, 6.07) is 5.22. The number of rotatable bonds is 7. The summed E-state index contributed by atoms with van der Waals surface area (Å²) in [4.78, 5) is 23.7. The number of H-pyrrole nitrogens is 1. The summed E-state index contributed by atoms with van der Waals surface area (Å²) >= 11 is 0. The van der Waals surface area contributed by atoms with E-state index in [4.69, 9.17) is 0 Å². The number of aromatic nitrogens is 4. The maximum atomic E-state index is 11.6. The van der Waals surface area contributed by atoms with Gasteiger partial charge in [-0.1, -0.05) is 26.7 Å². The monoisotopic (exact) mass is 324 g/mol. The first-order valence-corrected chi connectivity index (χ1v) is 8.78. The quantitative estimate of drug-likeness (QED) is 0.719. The van der Waals surface area contributed by atoms with E-state index in [-0.39, 0.29) is 5.56 Å². The number of pyridine rings is 2. The Morgan fingerprint density at radius 3 is 2.62 bits per heavy atom. The van der Waals surface area contributed by atoms with E-state index in [1.54, 1.807) is 12.3 Å². The van der Waals surface area contributed by atoms with Crippen LogP contribution in [0.3, 0.4) is 0 Å². The second-order valence-corrected chi connectivity index (χ2v) is 6.13. The average Bonchev–Trinajstić information content (AvgIpc) is 2.99. The molecule has 0 bridgehead atoms. The van der Waals surface area contributed by atoms with E-state index in [9.17, 15) is 4.79 Å². The molecule has 0 saturated heterocycles. The lowest BCUT2D eigenvalue weighted by Crippen LogP contribution is -2.07. The molecular formula is C19H24N4O. The van der Waals surface area contributed by atoms with Crippen molar-refractivity contribution in [3.8, 4) is 5.82 Å². The smallest absolute Gasteiger partial charge is 0.248 e. The number of nitrogens with zero attached hydrogens (tertiary/aromatic N) is 3. The van der Waals surface area contributed by atoms with Crippen molar-refractivity contribution >= 4 is 10.9 Å². The number of nitrogens with one attached hydrogen (secondary N) is 1. The zero-order chi connectivity index (χ0) is 16.9. The van der Waals surface area contributed by atoms with Gasteiger partial charge in [-0.2, -0.15) is 0 Å². The van der Waals surface area contributed by atoms with Gasteiger partial charge < -0.3 is 4.98 Å². The largest absolute Gasteiger partial charge is 0.322 e. The molecule has 0 aliphatic carbocycles. The van der Waals surface area contributed by atoms with Crippen LogP contribution in [-0.4, -0.2) is 19.5 Å². The van der Waals surface area contributed by atoms with E-state index in [2.05, 4.69) is 33.4 Å². The molecule has 3 heterocycles. The molecule has 3 aromatic rings. The van der Waals surface area contributed by atoms with Crippen LogP contribution in [0.1, 0.15) is 50.9 Å². The number of aryl methyl sites for hydroxylation is 1. The van der Waals surface area contributed by atoms with Crippen molar-refractivity contribution in [2.75, 3.05) is 0 Å². The van der Waals surface area contributed by atoms with Gasteiger partial charge in [-0.3, -0.25) is 9.36 Å². The fourth-order valence-electron chi connectivity index (χ4n) is 3.02. The molecule has 0 radical (unpaired) electrons. The number of aromatic amines is 1. The first kappa shape index (κ1) is 16.4. The molecule has 0 unspecified atom stereocenters. The number of hydrogen-bond donors (Lipinski definition) is 1. The molecule has 0 aliphatic rings. The van der Waals surface area contributed by atoms with E-state index < -0.39 is 0 Å². The summed E-state index contributed by atoms with van der Waals surface area (Å²) in [5.41, 5.74) is 3.13. The van der Waals surface area contributed by atoms with E-state index >= 15 is 0 Å². The van der Waals surface area contributed by atoms with Crippen LogP contribution in [0.2, 0.25) is 0 Å². The minimum absolute atomic E-state index is 0.0971. The molecule has 1 N–H and O–H groups in total. The topological polar surface area (TPSA) is 63.6 Å². The third kappa shape index (κ3) is 3.25. The van der Waals surface area contributed by atoms with Crippen molar-refractivity contribution in [2.45, 2.75) is 52.4 Å². The highest BCUT2D eigenvalue weighted by Gasteiger charge is 2.14. The van der Waals surface area contributed by atoms with Crippen LogP contribution in [0.4, 0.5) is 0 Å². The molecule has 0 amide bonds. The van der Waals surface area contributed by atoms with Gasteiger partial charge in [0.25, 0.3) is 0 Å². The average molecular weight is 324 g/mol. The molecule has 0 aliphatic heterocycles. The van der Waals surface area contributed by atoms with Gasteiger partial charge >= 0.3 is 0 Å². The molecule has 0 saturated carbocycles. The van der Waals surface area contributed by atoms with E-state index in [1.807, 2.05) is 18.5 Å². The van der Waals surface area contributed by atoms with Crippen molar-refractivity contribution in [1.82, 2.24) is 19.5 Å². The molecule has 0 fully saturated rings. The van der Waals surface area contributed by atoms with Crippen LogP contribution in [0.15, 0.2) is 35.5 Å². The molecule has 3 aromatic heterocycles. The van der Waals surface area contributed by atoms with Crippen LogP contribution in [0, 0.1) is 0 Å². The molecule has 0 aromatic carbocycles. The van der Waals surface area contributed by atoms with Gasteiger partial charge in [0, 0.05) is 23.3 Å². The first-order chi connectivity index (χ1) is 11.7. The molecule has 0 spiro atoms. The highest BCUT2D eigenvalue weighted by molar-refractivity contribution is 5.85. The molecule has 126 valence electrons. The Kier molecular flexibility index (Phi) is 5.08. The van der Waals surface area contributed by atoms with Crippen LogP contribution in [-0.2, 0) is 12.8 Å². The lowest BCUT2D eigenvalue weighted by atomic mass is 10.1. The third-order valence-electron chi connectivity index (χ3n) is 4.34. The Morgan fingerprint density at radius 2 is 1.83 bits per heavy atom. The van der Waals surface area contributed by atoms with E-state index in [0.29, 0.717) is 0 Å². The Hall–Kier alpha value is -2.43. The molecule has 0 atom stereocenters. The third-order valence-corrected chi connectivity index (χ3v) is 4.34. The van der Waals surface area contributed by atoms with E-state index in [1.165, 1.54) is 11.4 Å². The predicted octanol–water partition coefficient (Wildman–Crippen LogP) is 3.79. The highest BCUT2D eigenvalue weighted by Crippen LogP contribution is 2.22. The Balaban J connectivity index is 2.11. The minimum Gasteiger partial charge on any atom is -0.322 e. The van der Waals surface area contributed by atoms with Crippen LogP contribution < -0.4 is 5.56 Å². The minimum atomic E-state index is -0.0971. The number of hydrogen-bond acceptors (Lipinski definition) is 3. The lowest BCUT2D eigenvalue weighted by molar-refractivity contribution is 0.726. The Morgan fingerprint density at radius 1 is 1.04 bits per heavy atom. The summed E-state index contributed by atoms with van der Waals surface area (Å²) in [5, 5.41) is 0.939. The second-order valence-electron chi connectivity index (χ2n) is 6.13. The number of imidazole rings is 1. The fourth-order valence-corrected chi connectivity index (χ4v) is 3.02. The van der Waals surface area contributed by atoms with Gasteiger partial charge in [-0.25, -0.2) is 9.97 Å².